The summed E-state index contributed by atoms with van der Waals surface area (Å²) in [6.45, 7) is 11.2. The first kappa shape index (κ1) is 16.8. The summed E-state index contributed by atoms with van der Waals surface area (Å²) < 4.78 is 0. The fourth-order valence-electron chi connectivity index (χ4n) is 3.56. The van der Waals surface area contributed by atoms with Crippen molar-refractivity contribution in [3.63, 3.8) is 0 Å². The van der Waals surface area contributed by atoms with Crippen LogP contribution < -0.4 is 5.32 Å². The lowest BCUT2D eigenvalue weighted by Gasteiger charge is -2.35. The van der Waals surface area contributed by atoms with E-state index in [0.717, 1.165) is 50.6 Å². The summed E-state index contributed by atoms with van der Waals surface area (Å²) in [6, 6.07) is 1.25. The zero-order valence-electron chi connectivity index (χ0n) is 14.4. The third-order valence-corrected chi connectivity index (χ3v) is 4.72. The Kier molecular flexibility index (Phi) is 6.09. The molecule has 0 atom stereocenters. The molecule has 21 heavy (non-hydrogen) atoms. The molecule has 2 rings (SSSR count). The summed E-state index contributed by atoms with van der Waals surface area (Å²) in [5, 5.41) is 3.88. The second-order valence-corrected chi connectivity index (χ2v) is 8.00. The van der Waals surface area contributed by atoms with E-state index in [1.807, 2.05) is 0 Å². The Morgan fingerprint density at radius 3 is 1.95 bits per heavy atom. The van der Waals surface area contributed by atoms with Gasteiger partial charge in [-0.05, 0) is 50.4 Å². The smallest absolute Gasteiger partial charge is 0.225 e. The summed E-state index contributed by atoms with van der Waals surface area (Å²) in [5.41, 5.74) is 0. The van der Waals surface area contributed by atoms with Crippen LogP contribution in [0.25, 0.3) is 0 Å². The van der Waals surface area contributed by atoms with Crippen molar-refractivity contribution in [1.29, 1.82) is 0 Å². The number of amides is 1. The van der Waals surface area contributed by atoms with Crippen molar-refractivity contribution in [3.8, 4) is 0 Å². The molecule has 1 amide bonds. The van der Waals surface area contributed by atoms with Crippen LogP contribution >= 0.6 is 0 Å². The van der Waals surface area contributed by atoms with Gasteiger partial charge in [0.15, 0.2) is 0 Å². The standard InChI is InChI=1S/C18H34N2O/c1-13(2)11-17(12-14(3)4)19-16-7-9-20(10-8-16)18(21)15-5-6-15/h13-17,19H,5-12H2,1-4H3. The quantitative estimate of drug-likeness (QED) is 0.780. The van der Waals surface area contributed by atoms with Crippen LogP contribution in [0.15, 0.2) is 0 Å². The van der Waals surface area contributed by atoms with Crippen LogP contribution in [0.1, 0.15) is 66.2 Å². The first-order valence-electron chi connectivity index (χ1n) is 9.00. The molecule has 1 N–H and O–H groups in total. The Morgan fingerprint density at radius 1 is 1.00 bits per heavy atom. The van der Waals surface area contributed by atoms with Gasteiger partial charge in [0.25, 0.3) is 0 Å². The van der Waals surface area contributed by atoms with Gasteiger partial charge in [0, 0.05) is 31.1 Å². The summed E-state index contributed by atoms with van der Waals surface area (Å²) in [4.78, 5) is 14.2. The molecule has 0 spiro atoms. The number of likely N-dealkylation sites (tertiary alicyclic amines) is 1. The Labute approximate surface area is 130 Å². The molecule has 2 aliphatic rings. The first-order chi connectivity index (χ1) is 9.95. The minimum atomic E-state index is 0.379. The monoisotopic (exact) mass is 294 g/mol. The van der Waals surface area contributed by atoms with Crippen LogP contribution in [-0.4, -0.2) is 36.0 Å². The summed E-state index contributed by atoms with van der Waals surface area (Å²) >= 11 is 0. The van der Waals surface area contributed by atoms with Crippen LogP contribution in [0.4, 0.5) is 0 Å². The Balaban J connectivity index is 1.75. The second-order valence-electron chi connectivity index (χ2n) is 8.00. The molecule has 1 heterocycles. The van der Waals surface area contributed by atoms with Crippen molar-refractivity contribution in [1.82, 2.24) is 10.2 Å². The summed E-state index contributed by atoms with van der Waals surface area (Å²) in [7, 11) is 0. The molecule has 0 aromatic carbocycles. The maximum Gasteiger partial charge on any atom is 0.225 e. The molecule has 2 fully saturated rings. The largest absolute Gasteiger partial charge is 0.342 e. The van der Waals surface area contributed by atoms with Crippen LogP contribution in [0.2, 0.25) is 0 Å². The van der Waals surface area contributed by atoms with Crippen molar-refractivity contribution in [2.24, 2.45) is 17.8 Å². The Morgan fingerprint density at radius 2 is 1.52 bits per heavy atom. The van der Waals surface area contributed by atoms with E-state index >= 15 is 0 Å². The predicted octanol–water partition coefficient (Wildman–Crippen LogP) is 3.44. The maximum absolute atomic E-state index is 12.1. The van der Waals surface area contributed by atoms with E-state index in [9.17, 15) is 4.79 Å². The van der Waals surface area contributed by atoms with Gasteiger partial charge in [-0.2, -0.15) is 0 Å². The zero-order chi connectivity index (χ0) is 15.4. The summed E-state index contributed by atoms with van der Waals surface area (Å²) in [5.74, 6) is 2.30. The number of nitrogens with zero attached hydrogens (tertiary/aromatic N) is 1. The van der Waals surface area contributed by atoms with E-state index in [1.165, 1.54) is 12.8 Å². The summed E-state index contributed by atoms with van der Waals surface area (Å²) in [6.07, 6.45) is 7.04. The van der Waals surface area contributed by atoms with Crippen molar-refractivity contribution < 1.29 is 4.79 Å². The molecule has 1 saturated heterocycles. The number of nitrogens with one attached hydrogen (secondary N) is 1. The van der Waals surface area contributed by atoms with E-state index in [4.69, 9.17) is 0 Å². The van der Waals surface area contributed by atoms with Gasteiger partial charge in [-0.25, -0.2) is 0 Å². The highest BCUT2D eigenvalue weighted by molar-refractivity contribution is 5.81. The fraction of sp³-hybridized carbons (Fsp3) is 0.944. The molecule has 0 bridgehead atoms. The number of piperidine rings is 1. The van der Waals surface area contributed by atoms with Gasteiger partial charge in [-0.1, -0.05) is 27.7 Å². The first-order valence-corrected chi connectivity index (χ1v) is 9.00. The third kappa shape index (κ3) is 5.61. The Hall–Kier alpha value is -0.570. The molecule has 1 saturated carbocycles. The van der Waals surface area contributed by atoms with Gasteiger partial charge < -0.3 is 10.2 Å². The van der Waals surface area contributed by atoms with Gasteiger partial charge in [-0.15, -0.1) is 0 Å². The predicted molar refractivity (Wildman–Crippen MR) is 88.2 cm³/mol. The molecule has 0 radical (unpaired) electrons. The maximum atomic E-state index is 12.1. The van der Waals surface area contributed by atoms with Gasteiger partial charge in [-0.3, -0.25) is 4.79 Å². The van der Waals surface area contributed by atoms with Gasteiger partial charge >= 0.3 is 0 Å². The van der Waals surface area contributed by atoms with Crippen molar-refractivity contribution in [2.75, 3.05) is 13.1 Å². The van der Waals surface area contributed by atoms with Crippen LogP contribution in [0, 0.1) is 17.8 Å². The van der Waals surface area contributed by atoms with Crippen LogP contribution in [0.5, 0.6) is 0 Å². The minimum Gasteiger partial charge on any atom is -0.342 e. The van der Waals surface area contributed by atoms with Crippen molar-refractivity contribution in [2.45, 2.75) is 78.3 Å². The number of rotatable bonds is 7. The van der Waals surface area contributed by atoms with Crippen molar-refractivity contribution in [3.05, 3.63) is 0 Å². The van der Waals surface area contributed by atoms with E-state index in [2.05, 4.69) is 37.9 Å². The molecule has 0 unspecified atom stereocenters. The molecule has 3 nitrogen and oxygen atoms in total. The fourth-order valence-corrected chi connectivity index (χ4v) is 3.56. The highest BCUT2D eigenvalue weighted by Crippen LogP contribution is 2.32. The highest BCUT2D eigenvalue weighted by atomic mass is 16.2. The lowest BCUT2D eigenvalue weighted by Crippen LogP contribution is -2.48. The molecule has 1 aliphatic heterocycles. The molecule has 3 heteroatoms. The van der Waals surface area contributed by atoms with E-state index in [1.54, 1.807) is 0 Å². The number of carbonyl (C=O) groups excluding carboxylic acids is 1. The third-order valence-electron chi connectivity index (χ3n) is 4.72. The van der Waals surface area contributed by atoms with E-state index < -0.39 is 0 Å². The SMILES string of the molecule is CC(C)CC(CC(C)C)NC1CCN(C(=O)C2CC2)CC1. The topological polar surface area (TPSA) is 32.3 Å². The van der Waals surface area contributed by atoms with Crippen LogP contribution in [-0.2, 0) is 4.79 Å². The van der Waals surface area contributed by atoms with Gasteiger partial charge in [0.05, 0.1) is 0 Å². The molecule has 122 valence electrons. The average Bonchev–Trinajstić information content (AvgIpc) is 3.21. The molecule has 0 aromatic rings. The minimum absolute atomic E-state index is 0.379. The molecule has 0 aromatic heterocycles. The lowest BCUT2D eigenvalue weighted by molar-refractivity contribution is -0.133. The highest BCUT2D eigenvalue weighted by Gasteiger charge is 2.35. The van der Waals surface area contributed by atoms with E-state index in [0.29, 0.717) is 23.9 Å². The van der Waals surface area contributed by atoms with E-state index in [-0.39, 0.29) is 0 Å². The second kappa shape index (κ2) is 7.62. The number of carbonyl (C=O) groups is 1. The molecular formula is C18H34N2O. The van der Waals surface area contributed by atoms with Gasteiger partial charge in [0.2, 0.25) is 5.91 Å². The Bertz CT molecular complexity index is 318. The van der Waals surface area contributed by atoms with Crippen LogP contribution in [0.3, 0.4) is 0 Å². The number of hydrogen-bond acceptors (Lipinski definition) is 2. The average molecular weight is 294 g/mol. The zero-order valence-corrected chi connectivity index (χ0v) is 14.4. The number of hydrogen-bond donors (Lipinski definition) is 1. The molecular weight excluding hydrogens is 260 g/mol. The van der Waals surface area contributed by atoms with Gasteiger partial charge in [0.1, 0.15) is 0 Å². The molecule has 1 aliphatic carbocycles. The lowest BCUT2D eigenvalue weighted by atomic mass is 9.93. The normalized spacial score (nSPS) is 20.8. The van der Waals surface area contributed by atoms with Crippen molar-refractivity contribution >= 4 is 5.91 Å².